The molecule has 0 aromatic heterocycles. The fourth-order valence-corrected chi connectivity index (χ4v) is 3.82. The summed E-state index contributed by atoms with van der Waals surface area (Å²) in [5.74, 6) is -1.80. The van der Waals surface area contributed by atoms with Crippen molar-refractivity contribution in [2.75, 3.05) is 18.4 Å². The van der Waals surface area contributed by atoms with Crippen molar-refractivity contribution in [1.29, 1.82) is 0 Å². The lowest BCUT2D eigenvalue weighted by Crippen LogP contribution is -2.51. The maximum atomic E-state index is 12.6. The fraction of sp³-hybridized carbons (Fsp3) is 0.536. The van der Waals surface area contributed by atoms with E-state index in [0.717, 1.165) is 12.0 Å². The van der Waals surface area contributed by atoms with Gasteiger partial charge in [-0.1, -0.05) is 47.1 Å². The molecule has 1 aliphatic rings. The fourth-order valence-electron chi connectivity index (χ4n) is 3.82. The van der Waals surface area contributed by atoms with Gasteiger partial charge in [-0.25, -0.2) is 0 Å². The topological polar surface area (TPSA) is 125 Å². The van der Waals surface area contributed by atoms with Crippen molar-refractivity contribution >= 4 is 35.2 Å². The summed E-state index contributed by atoms with van der Waals surface area (Å²) in [6.07, 6.45) is 5.49. The number of carbonyl (C=O) groups excluding carboxylic acids is 5. The quantitative estimate of drug-likeness (QED) is 0.275. The van der Waals surface area contributed by atoms with Crippen LogP contribution in [-0.2, 0) is 30.4 Å². The molecule has 1 atom stereocenters. The number of carbonyl (C=O) groups is 5. The van der Waals surface area contributed by atoms with Crippen molar-refractivity contribution in [1.82, 2.24) is 15.5 Å². The van der Waals surface area contributed by atoms with Crippen molar-refractivity contribution in [2.45, 2.75) is 79.7 Å². The Morgan fingerprint density at radius 2 is 1.59 bits per heavy atom. The Labute approximate surface area is 220 Å². The van der Waals surface area contributed by atoms with Gasteiger partial charge in [0.2, 0.25) is 17.7 Å². The first-order valence-corrected chi connectivity index (χ1v) is 13.1. The Kier molecular flexibility index (Phi) is 13.9. The normalized spacial score (nSPS) is 13.2. The smallest absolute Gasteiger partial charge is 0.253 e. The zero-order chi connectivity index (χ0) is 28.0. The molecule has 204 valence electrons. The third kappa shape index (κ3) is 10.6. The van der Waals surface area contributed by atoms with Gasteiger partial charge in [-0.3, -0.25) is 28.9 Å². The van der Waals surface area contributed by atoms with Gasteiger partial charge in [-0.15, -0.1) is 0 Å². The number of aryl methyl sites for hydroxylation is 2. The Balaban J connectivity index is 0.00000334. The van der Waals surface area contributed by atoms with Crippen LogP contribution in [0.1, 0.15) is 71.4 Å². The first kappa shape index (κ1) is 31.5. The van der Waals surface area contributed by atoms with Gasteiger partial charge in [0.25, 0.3) is 11.8 Å². The molecule has 0 aliphatic carbocycles. The van der Waals surface area contributed by atoms with Crippen LogP contribution < -0.4 is 16.0 Å². The lowest BCUT2D eigenvalue weighted by atomic mass is 10.0. The second-order valence-corrected chi connectivity index (χ2v) is 9.02. The summed E-state index contributed by atoms with van der Waals surface area (Å²) in [6.45, 7) is 11.8. The third-order valence-electron chi connectivity index (χ3n) is 5.88. The average Bonchev–Trinajstić information content (AvgIpc) is 3.19. The molecule has 0 spiro atoms. The number of nitrogens with zero attached hydrogens (tertiary/aromatic N) is 1. The van der Waals surface area contributed by atoms with Gasteiger partial charge < -0.3 is 16.0 Å². The summed E-state index contributed by atoms with van der Waals surface area (Å²) in [5, 5.41) is 8.12. The predicted molar refractivity (Wildman–Crippen MR) is 145 cm³/mol. The Bertz CT molecular complexity index is 969. The first-order chi connectivity index (χ1) is 17.6. The molecule has 0 radical (unpaired) electrons. The molecule has 1 heterocycles. The van der Waals surface area contributed by atoms with Crippen LogP contribution in [0.5, 0.6) is 0 Å². The van der Waals surface area contributed by atoms with Crippen LogP contribution in [0.15, 0.2) is 30.4 Å². The third-order valence-corrected chi connectivity index (χ3v) is 5.88. The van der Waals surface area contributed by atoms with E-state index in [1.54, 1.807) is 0 Å². The van der Waals surface area contributed by atoms with Crippen molar-refractivity contribution < 1.29 is 24.0 Å². The van der Waals surface area contributed by atoms with Crippen LogP contribution in [0.2, 0.25) is 0 Å². The van der Waals surface area contributed by atoms with Crippen LogP contribution in [0.3, 0.4) is 0 Å². The maximum absolute atomic E-state index is 12.6. The second kappa shape index (κ2) is 16.3. The summed E-state index contributed by atoms with van der Waals surface area (Å²) in [5.41, 5.74) is 2.97. The largest absolute Gasteiger partial charge is 0.345 e. The molecule has 1 aliphatic heterocycles. The molecule has 0 saturated heterocycles. The molecule has 1 aromatic rings. The first-order valence-electron chi connectivity index (χ1n) is 13.1. The van der Waals surface area contributed by atoms with E-state index in [-0.39, 0.29) is 42.5 Å². The van der Waals surface area contributed by atoms with Crippen molar-refractivity contribution in [3.05, 3.63) is 41.5 Å². The summed E-state index contributed by atoms with van der Waals surface area (Å²) >= 11 is 0. The van der Waals surface area contributed by atoms with E-state index in [9.17, 15) is 24.0 Å². The molecule has 0 saturated carbocycles. The van der Waals surface area contributed by atoms with Crippen molar-refractivity contribution in [2.24, 2.45) is 5.92 Å². The lowest BCUT2D eigenvalue weighted by molar-refractivity contribution is -0.137. The van der Waals surface area contributed by atoms with Crippen LogP contribution in [0, 0.1) is 12.8 Å². The van der Waals surface area contributed by atoms with Gasteiger partial charge in [0.15, 0.2) is 0 Å². The molecule has 5 amide bonds. The average molecular weight is 515 g/mol. The zero-order valence-corrected chi connectivity index (χ0v) is 23.0. The number of amides is 5. The molecule has 2 rings (SSSR count). The highest BCUT2D eigenvalue weighted by Crippen LogP contribution is 2.15. The monoisotopic (exact) mass is 514 g/mol. The van der Waals surface area contributed by atoms with E-state index in [4.69, 9.17) is 0 Å². The van der Waals surface area contributed by atoms with Crippen molar-refractivity contribution in [3.8, 4) is 0 Å². The highest BCUT2D eigenvalue weighted by molar-refractivity contribution is 6.12. The van der Waals surface area contributed by atoms with Gasteiger partial charge in [0.05, 0.1) is 6.54 Å². The van der Waals surface area contributed by atoms with E-state index in [0.29, 0.717) is 31.5 Å². The molecule has 1 aromatic carbocycles. The molecule has 9 heteroatoms. The Hall–Kier alpha value is -3.49. The van der Waals surface area contributed by atoms with Gasteiger partial charge >= 0.3 is 0 Å². The van der Waals surface area contributed by atoms with E-state index in [1.165, 1.54) is 22.6 Å². The number of imide groups is 1. The molecule has 3 N–H and O–H groups in total. The lowest BCUT2D eigenvalue weighted by Gasteiger charge is -2.21. The van der Waals surface area contributed by atoms with Gasteiger partial charge in [0.1, 0.15) is 6.04 Å². The highest BCUT2D eigenvalue weighted by atomic mass is 16.2. The van der Waals surface area contributed by atoms with E-state index < -0.39 is 11.9 Å². The van der Waals surface area contributed by atoms with Gasteiger partial charge in [0, 0.05) is 30.8 Å². The minimum atomic E-state index is -0.757. The van der Waals surface area contributed by atoms with E-state index in [2.05, 4.69) is 22.9 Å². The van der Waals surface area contributed by atoms with Crippen LogP contribution in [0.4, 0.5) is 5.69 Å². The van der Waals surface area contributed by atoms with Crippen LogP contribution in [-0.4, -0.2) is 53.6 Å². The van der Waals surface area contributed by atoms with E-state index in [1.807, 2.05) is 52.8 Å². The summed E-state index contributed by atoms with van der Waals surface area (Å²) in [4.78, 5) is 61.5. The minimum absolute atomic E-state index is 0.161. The molecular formula is C28H42N4O5. The molecule has 1 unspecified atom stereocenters. The van der Waals surface area contributed by atoms with Crippen LogP contribution in [0.25, 0.3) is 0 Å². The molecular weight excluding hydrogens is 472 g/mol. The van der Waals surface area contributed by atoms with Crippen LogP contribution >= 0.6 is 0 Å². The number of unbranched alkanes of at least 4 members (excludes halogenated alkanes) is 2. The highest BCUT2D eigenvalue weighted by Gasteiger charge is 2.25. The molecule has 9 nitrogen and oxygen atoms in total. The predicted octanol–water partition coefficient (Wildman–Crippen LogP) is 3.26. The standard InChI is InChI=1S/C26H36N4O5.C2H6/c1-5-19-10-11-20(15-18(19)4)28-22(32)16-27-26(35)25(17(2)3)29-21(31)9-7-6-8-14-30-23(33)12-13-24(30)34;1-2/h10-13,15,17,25H,5-9,14,16H2,1-4H3,(H,27,35)(H,28,32)(H,29,31);1-2H3. The Morgan fingerprint density at radius 3 is 2.16 bits per heavy atom. The number of hydrogen-bond acceptors (Lipinski definition) is 5. The van der Waals surface area contributed by atoms with E-state index >= 15 is 0 Å². The molecule has 37 heavy (non-hydrogen) atoms. The van der Waals surface area contributed by atoms with Gasteiger partial charge in [-0.2, -0.15) is 0 Å². The number of nitrogens with one attached hydrogen (secondary N) is 3. The maximum Gasteiger partial charge on any atom is 0.253 e. The SMILES string of the molecule is CC.CCc1ccc(NC(=O)CNC(=O)C(NC(=O)CCCCCN2C(=O)C=CC2=O)C(C)C)cc1C. The number of anilines is 1. The zero-order valence-electron chi connectivity index (χ0n) is 23.0. The van der Waals surface area contributed by atoms with Gasteiger partial charge in [-0.05, 0) is 55.4 Å². The second-order valence-electron chi connectivity index (χ2n) is 9.02. The Morgan fingerprint density at radius 1 is 0.946 bits per heavy atom. The minimum Gasteiger partial charge on any atom is -0.345 e. The van der Waals surface area contributed by atoms with Crippen molar-refractivity contribution in [3.63, 3.8) is 0 Å². The number of rotatable bonds is 13. The molecule has 0 fully saturated rings. The summed E-state index contributed by atoms with van der Waals surface area (Å²) in [7, 11) is 0. The number of hydrogen-bond donors (Lipinski definition) is 3. The summed E-state index contributed by atoms with van der Waals surface area (Å²) < 4.78 is 0. The summed E-state index contributed by atoms with van der Waals surface area (Å²) in [6, 6.07) is 4.94. The number of benzene rings is 1. The molecule has 0 bridgehead atoms.